The zero-order valence-corrected chi connectivity index (χ0v) is 10.3. The maximum absolute atomic E-state index is 5.96. The fourth-order valence-corrected chi connectivity index (χ4v) is 1.76. The molecule has 2 aromatic rings. The Kier molecular flexibility index (Phi) is 3.15. The van der Waals surface area contributed by atoms with E-state index >= 15 is 0 Å². The number of nitrogen functional groups attached to an aromatic ring is 1. The quantitative estimate of drug-likeness (QED) is 0.882. The van der Waals surface area contributed by atoms with E-state index in [1.54, 1.807) is 18.0 Å². The number of benzene rings is 1. The lowest BCUT2D eigenvalue weighted by molar-refractivity contribution is 0.119. The third-order valence-corrected chi connectivity index (χ3v) is 3.01. The molecule has 0 spiro atoms. The number of nitrogens with zero attached hydrogens (tertiary/aromatic N) is 2. The summed E-state index contributed by atoms with van der Waals surface area (Å²) in [4.78, 5) is 0. The molecule has 2 N–H and O–H groups in total. The number of rotatable bonds is 3. The molecule has 4 heteroatoms. The van der Waals surface area contributed by atoms with Crippen molar-refractivity contribution in [2.45, 2.75) is 13.0 Å². The third-order valence-electron chi connectivity index (χ3n) is 3.01. The molecule has 0 bridgehead atoms. The molecule has 0 saturated heterocycles. The molecule has 0 saturated carbocycles. The lowest BCUT2D eigenvalue weighted by atomic mass is 10.0. The first kappa shape index (κ1) is 11.7. The second-order valence-corrected chi connectivity index (χ2v) is 4.07. The van der Waals surface area contributed by atoms with Gasteiger partial charge in [-0.2, -0.15) is 5.10 Å². The van der Waals surface area contributed by atoms with Gasteiger partial charge in [0.1, 0.15) is 5.82 Å². The average molecular weight is 231 g/mol. The Morgan fingerprint density at radius 1 is 1.41 bits per heavy atom. The van der Waals surface area contributed by atoms with Gasteiger partial charge in [-0.05, 0) is 24.1 Å². The van der Waals surface area contributed by atoms with Crippen LogP contribution in [0.2, 0.25) is 0 Å². The third kappa shape index (κ3) is 2.17. The standard InChI is InChI=1S/C13H17N3O/c1-9(17-3)10-5-4-6-11(7-10)12-8-15-16(2)13(12)14/h4-9H,14H2,1-3H3/t9-/m1/s1. The van der Waals surface area contributed by atoms with Gasteiger partial charge in [0.2, 0.25) is 0 Å². The normalized spacial score (nSPS) is 12.6. The molecule has 1 heterocycles. The minimum absolute atomic E-state index is 0.0767. The van der Waals surface area contributed by atoms with Gasteiger partial charge >= 0.3 is 0 Å². The Morgan fingerprint density at radius 2 is 2.18 bits per heavy atom. The van der Waals surface area contributed by atoms with Crippen LogP contribution in [0.15, 0.2) is 30.5 Å². The van der Waals surface area contributed by atoms with Crippen molar-refractivity contribution in [3.8, 4) is 11.1 Å². The van der Waals surface area contributed by atoms with E-state index in [9.17, 15) is 0 Å². The van der Waals surface area contributed by atoms with Crippen molar-refractivity contribution in [2.75, 3.05) is 12.8 Å². The van der Waals surface area contributed by atoms with Crippen molar-refractivity contribution >= 4 is 5.82 Å². The predicted molar refractivity (Wildman–Crippen MR) is 68.5 cm³/mol. The molecule has 0 radical (unpaired) electrons. The predicted octanol–water partition coefficient (Wildman–Crippen LogP) is 2.38. The molecular weight excluding hydrogens is 214 g/mol. The SMILES string of the molecule is CO[C@H](C)c1cccc(-c2cnn(C)c2N)c1. The van der Waals surface area contributed by atoms with E-state index in [1.807, 2.05) is 32.2 Å². The maximum atomic E-state index is 5.96. The molecule has 2 rings (SSSR count). The van der Waals surface area contributed by atoms with Crippen molar-refractivity contribution in [1.82, 2.24) is 9.78 Å². The first-order valence-electron chi connectivity index (χ1n) is 5.54. The van der Waals surface area contributed by atoms with Crippen molar-refractivity contribution < 1.29 is 4.74 Å². The number of hydrogen-bond donors (Lipinski definition) is 1. The first-order valence-corrected chi connectivity index (χ1v) is 5.54. The Bertz CT molecular complexity index is 519. The van der Waals surface area contributed by atoms with E-state index in [0.29, 0.717) is 5.82 Å². The molecule has 90 valence electrons. The van der Waals surface area contributed by atoms with E-state index in [2.05, 4.69) is 11.2 Å². The fourth-order valence-electron chi connectivity index (χ4n) is 1.76. The molecular formula is C13H17N3O. The fraction of sp³-hybridized carbons (Fsp3) is 0.308. The van der Waals surface area contributed by atoms with Crippen LogP contribution in [0.25, 0.3) is 11.1 Å². The number of aryl methyl sites for hydroxylation is 1. The molecule has 0 amide bonds. The molecule has 0 unspecified atom stereocenters. The van der Waals surface area contributed by atoms with Crippen LogP contribution in [-0.2, 0) is 11.8 Å². The Labute approximate surface area is 101 Å². The van der Waals surface area contributed by atoms with E-state index in [0.717, 1.165) is 16.7 Å². The van der Waals surface area contributed by atoms with Crippen LogP contribution in [0.5, 0.6) is 0 Å². The number of aromatic nitrogens is 2. The van der Waals surface area contributed by atoms with Gasteiger partial charge in [-0.15, -0.1) is 0 Å². The Hall–Kier alpha value is -1.81. The average Bonchev–Trinajstić information content (AvgIpc) is 2.69. The summed E-state index contributed by atoms with van der Waals surface area (Å²) >= 11 is 0. The van der Waals surface area contributed by atoms with Gasteiger partial charge in [0.05, 0.1) is 12.3 Å². The smallest absolute Gasteiger partial charge is 0.129 e. The molecule has 1 aromatic heterocycles. The van der Waals surface area contributed by atoms with Gasteiger partial charge in [0.15, 0.2) is 0 Å². The van der Waals surface area contributed by atoms with Crippen molar-refractivity contribution in [2.24, 2.45) is 7.05 Å². The van der Waals surface area contributed by atoms with Crippen LogP contribution >= 0.6 is 0 Å². The minimum atomic E-state index is 0.0767. The van der Waals surface area contributed by atoms with Gasteiger partial charge in [0, 0.05) is 19.7 Å². The first-order chi connectivity index (χ1) is 8.13. The summed E-state index contributed by atoms with van der Waals surface area (Å²) in [5, 5.41) is 4.15. The van der Waals surface area contributed by atoms with Crippen molar-refractivity contribution in [1.29, 1.82) is 0 Å². The second kappa shape index (κ2) is 4.59. The summed E-state index contributed by atoms with van der Waals surface area (Å²) < 4.78 is 6.98. The van der Waals surface area contributed by atoms with Crippen molar-refractivity contribution in [3.63, 3.8) is 0 Å². The summed E-state index contributed by atoms with van der Waals surface area (Å²) in [6.07, 6.45) is 1.86. The van der Waals surface area contributed by atoms with Crippen LogP contribution in [-0.4, -0.2) is 16.9 Å². The van der Waals surface area contributed by atoms with E-state index in [4.69, 9.17) is 10.5 Å². The highest BCUT2D eigenvalue weighted by Gasteiger charge is 2.09. The van der Waals surface area contributed by atoms with Crippen molar-refractivity contribution in [3.05, 3.63) is 36.0 Å². The van der Waals surface area contributed by atoms with Gasteiger partial charge < -0.3 is 10.5 Å². The second-order valence-electron chi connectivity index (χ2n) is 4.07. The molecule has 4 nitrogen and oxygen atoms in total. The summed E-state index contributed by atoms with van der Waals surface area (Å²) in [7, 11) is 3.54. The molecule has 17 heavy (non-hydrogen) atoms. The van der Waals surface area contributed by atoms with Gasteiger partial charge in [-0.1, -0.05) is 18.2 Å². The number of anilines is 1. The summed E-state index contributed by atoms with van der Waals surface area (Å²) in [5.74, 6) is 0.673. The van der Waals surface area contributed by atoms with Crippen LogP contribution in [0, 0.1) is 0 Å². The molecule has 0 aliphatic heterocycles. The monoisotopic (exact) mass is 231 g/mol. The molecule has 1 atom stereocenters. The van der Waals surface area contributed by atoms with Gasteiger partial charge in [0.25, 0.3) is 0 Å². The number of ether oxygens (including phenoxy) is 1. The van der Waals surface area contributed by atoms with E-state index in [1.165, 1.54) is 0 Å². The van der Waals surface area contributed by atoms with Crippen LogP contribution in [0.1, 0.15) is 18.6 Å². The summed E-state index contributed by atoms with van der Waals surface area (Å²) in [6.45, 7) is 2.02. The molecule has 0 aliphatic rings. The lowest BCUT2D eigenvalue weighted by Crippen LogP contribution is -1.99. The molecule has 1 aromatic carbocycles. The number of nitrogens with two attached hydrogens (primary N) is 1. The Morgan fingerprint density at radius 3 is 2.76 bits per heavy atom. The number of hydrogen-bond acceptors (Lipinski definition) is 3. The highest BCUT2D eigenvalue weighted by atomic mass is 16.5. The van der Waals surface area contributed by atoms with E-state index in [-0.39, 0.29) is 6.10 Å². The van der Waals surface area contributed by atoms with Crippen LogP contribution < -0.4 is 5.73 Å². The lowest BCUT2D eigenvalue weighted by Gasteiger charge is -2.11. The van der Waals surface area contributed by atoms with Crippen LogP contribution in [0.4, 0.5) is 5.82 Å². The van der Waals surface area contributed by atoms with Crippen LogP contribution in [0.3, 0.4) is 0 Å². The molecule has 0 aliphatic carbocycles. The summed E-state index contributed by atoms with van der Waals surface area (Å²) in [6, 6.07) is 8.16. The zero-order valence-electron chi connectivity index (χ0n) is 10.3. The topological polar surface area (TPSA) is 53.1 Å². The number of methoxy groups -OCH3 is 1. The highest BCUT2D eigenvalue weighted by Crippen LogP contribution is 2.27. The van der Waals surface area contributed by atoms with E-state index < -0.39 is 0 Å². The minimum Gasteiger partial charge on any atom is -0.383 e. The summed E-state index contributed by atoms with van der Waals surface area (Å²) in [5.41, 5.74) is 9.12. The van der Waals surface area contributed by atoms with Gasteiger partial charge in [-0.25, -0.2) is 0 Å². The molecule has 0 fully saturated rings. The zero-order chi connectivity index (χ0) is 12.4. The van der Waals surface area contributed by atoms with Gasteiger partial charge in [-0.3, -0.25) is 4.68 Å². The highest BCUT2D eigenvalue weighted by molar-refractivity contribution is 5.73. The largest absolute Gasteiger partial charge is 0.383 e. The Balaban J connectivity index is 2.43. The maximum Gasteiger partial charge on any atom is 0.129 e.